The molecule has 0 bridgehead atoms. The molecular formula is C16H29N2O3WY-. The van der Waals surface area contributed by atoms with Gasteiger partial charge in [-0.2, -0.15) is 0 Å². The molecule has 2 amide bonds. The molecule has 7 heteroatoms. The van der Waals surface area contributed by atoms with Gasteiger partial charge >= 0.3 is 21.1 Å². The van der Waals surface area contributed by atoms with Gasteiger partial charge in [0.2, 0.25) is 5.91 Å². The van der Waals surface area contributed by atoms with Gasteiger partial charge in [-0.1, -0.05) is 25.7 Å². The molecule has 2 fully saturated rings. The summed E-state index contributed by atoms with van der Waals surface area (Å²) in [5.74, 6) is -0.248. The number of nitrogens with one attached hydrogen (secondary N) is 1. The van der Waals surface area contributed by atoms with Crippen molar-refractivity contribution >= 4 is 11.8 Å². The van der Waals surface area contributed by atoms with Gasteiger partial charge in [0.05, 0.1) is 24.0 Å². The Kier molecular flexibility index (Phi) is 17.2. The molecule has 1 radical (unpaired) electrons. The molecule has 1 aliphatic carbocycles. The molecule has 2 N–H and O–H groups in total. The second kappa shape index (κ2) is 13.9. The fourth-order valence-electron chi connectivity index (χ4n) is 2.53. The van der Waals surface area contributed by atoms with E-state index >= 15 is 0 Å². The van der Waals surface area contributed by atoms with Crippen molar-refractivity contribution in [2.75, 3.05) is 6.54 Å². The molecule has 5 nitrogen and oxygen atoms in total. The maximum absolute atomic E-state index is 12.2. The smallest absolute Gasteiger partial charge is 0.652 e. The van der Waals surface area contributed by atoms with Crippen molar-refractivity contribution in [2.24, 2.45) is 11.8 Å². The molecule has 2 aliphatic rings. The fourth-order valence-corrected chi connectivity index (χ4v) is 2.53. The summed E-state index contributed by atoms with van der Waals surface area (Å²) in [7, 11) is 0. The average molecular weight is 570 g/mol. The third-order valence-corrected chi connectivity index (χ3v) is 3.99. The Morgan fingerprint density at radius 2 is 1.91 bits per heavy atom. The van der Waals surface area contributed by atoms with E-state index in [1.54, 1.807) is 6.92 Å². The normalized spacial score (nSPS) is 22.3. The van der Waals surface area contributed by atoms with Crippen LogP contribution in [0.5, 0.6) is 0 Å². The quantitative estimate of drug-likeness (QED) is 0.499. The Morgan fingerprint density at radius 3 is 2.43 bits per heavy atom. The van der Waals surface area contributed by atoms with Gasteiger partial charge in [-0.25, -0.2) is 0 Å². The molecule has 0 spiro atoms. The number of nitrogens with zero attached hydrogens (tertiary/aromatic N) is 1. The maximum atomic E-state index is 12.2. The summed E-state index contributed by atoms with van der Waals surface area (Å²) in [5.41, 5.74) is 0. The Bertz CT molecular complexity index is 352. The largest absolute Gasteiger partial charge is 2.00 e. The van der Waals surface area contributed by atoms with Crippen molar-refractivity contribution in [2.45, 2.75) is 57.6 Å². The molecule has 0 aromatic carbocycles. The Hall–Kier alpha value is 0.692. The minimum atomic E-state index is -0.668. The molecule has 1 aliphatic heterocycles. The van der Waals surface area contributed by atoms with Crippen LogP contribution in [0.1, 0.15) is 45.4 Å². The second-order valence-corrected chi connectivity index (χ2v) is 5.80. The van der Waals surface area contributed by atoms with E-state index in [9.17, 15) is 14.7 Å². The third-order valence-electron chi connectivity index (χ3n) is 3.99. The minimum Gasteiger partial charge on any atom is -0.652 e. The van der Waals surface area contributed by atoms with E-state index in [1.807, 2.05) is 0 Å². The van der Waals surface area contributed by atoms with Gasteiger partial charge in [0, 0.05) is 32.7 Å². The van der Waals surface area contributed by atoms with Gasteiger partial charge in [-0.3, -0.25) is 4.79 Å². The molecule has 1 saturated heterocycles. The van der Waals surface area contributed by atoms with Crippen LogP contribution in [-0.2, 0) is 63.4 Å². The van der Waals surface area contributed by atoms with E-state index < -0.39 is 18.1 Å². The summed E-state index contributed by atoms with van der Waals surface area (Å²) >= 11 is 0. The number of aliphatic hydroxyl groups excluding tert-OH is 1. The summed E-state index contributed by atoms with van der Waals surface area (Å²) in [6.07, 6.45) is 4.81. The molecule has 131 valence electrons. The minimum absolute atomic E-state index is 0. The topological polar surface area (TPSA) is 80.5 Å². The molecule has 0 aromatic heterocycles. The second-order valence-electron chi connectivity index (χ2n) is 5.80. The van der Waals surface area contributed by atoms with Crippen LogP contribution in [0.2, 0.25) is 0 Å². The predicted molar refractivity (Wildman–Crippen MR) is 84.4 cm³/mol. The van der Waals surface area contributed by atoms with Crippen LogP contribution in [0, 0.1) is 26.7 Å². The molecule has 3 atom stereocenters. The van der Waals surface area contributed by atoms with Crippen molar-refractivity contribution in [3.05, 3.63) is 20.2 Å². The fraction of sp³-hybridized carbons (Fsp3) is 0.750. The zero-order chi connectivity index (χ0) is 13.8. The van der Waals surface area contributed by atoms with Crippen LogP contribution in [0.25, 0.3) is 5.32 Å². The van der Waals surface area contributed by atoms with Gasteiger partial charge in [0.1, 0.15) is 0 Å². The average Bonchev–Trinajstić information content (AvgIpc) is 3.16. The number of amides is 2. The zero-order valence-corrected chi connectivity index (χ0v) is 20.2. The van der Waals surface area contributed by atoms with Gasteiger partial charge in [-0.05, 0) is 25.7 Å². The molecule has 23 heavy (non-hydrogen) atoms. The van der Waals surface area contributed by atoms with E-state index in [0.29, 0.717) is 18.9 Å². The van der Waals surface area contributed by atoms with Crippen molar-refractivity contribution in [1.82, 2.24) is 5.32 Å². The van der Waals surface area contributed by atoms with E-state index in [2.05, 4.69) is 10.6 Å². The van der Waals surface area contributed by atoms with E-state index in [-0.39, 0.29) is 80.4 Å². The van der Waals surface area contributed by atoms with E-state index in [1.165, 1.54) is 0 Å². The monoisotopic (exact) mass is 570 g/mol. The van der Waals surface area contributed by atoms with Crippen LogP contribution in [-0.4, -0.2) is 35.6 Å². The van der Waals surface area contributed by atoms with Crippen LogP contribution in [0.4, 0.5) is 0 Å². The summed E-state index contributed by atoms with van der Waals surface area (Å²) in [4.78, 5) is 23.9. The Balaban J connectivity index is -0.000001000. The van der Waals surface area contributed by atoms with Crippen LogP contribution in [0.3, 0.4) is 0 Å². The van der Waals surface area contributed by atoms with Crippen molar-refractivity contribution in [1.29, 1.82) is 0 Å². The van der Waals surface area contributed by atoms with Gasteiger partial charge in [0.25, 0.3) is 0 Å². The first kappa shape index (κ1) is 28.5. The van der Waals surface area contributed by atoms with E-state index in [0.717, 1.165) is 32.1 Å². The zero-order valence-electron chi connectivity index (χ0n) is 14.5. The standard InChI is InChI=1S/C14H24N2O3.2CH3.W.Y/c1-9(17)11(8-10-5-6-10)13(18)16-12-4-2-3-7-15-14(12)19;;;;/h9-12,17H,2-8H2,1H3,(H2,15,16,18,19);2*1H3;;/q;2*-1;+2;/p-1/t9-,11+,12-;;;;/m0..../s1. The third kappa shape index (κ3) is 9.67. The number of rotatable bonds is 5. The van der Waals surface area contributed by atoms with Gasteiger partial charge in [0.15, 0.2) is 0 Å². The number of carbonyl (C=O) groups excluding carboxylic acids is 2. The number of carbonyl (C=O) groups is 2. The molecule has 1 heterocycles. The van der Waals surface area contributed by atoms with Crippen LogP contribution >= 0.6 is 0 Å². The maximum Gasteiger partial charge on any atom is 2.00 e. The van der Waals surface area contributed by atoms with Crippen LogP contribution in [0.15, 0.2) is 0 Å². The summed E-state index contributed by atoms with van der Waals surface area (Å²) < 4.78 is 0. The molecule has 0 unspecified atom stereocenters. The van der Waals surface area contributed by atoms with E-state index in [4.69, 9.17) is 0 Å². The predicted octanol–water partition coefficient (Wildman–Crippen LogP) is 2.25. The SMILES string of the molecule is C[C@H](O)[C@@H](CC1CC1)C(=O)N[C@H]1CCCC[N-]C1=O.[CH3-].[CH3-].[W+2].[Y]. The first-order valence-corrected chi connectivity index (χ1v) is 7.27. The van der Waals surface area contributed by atoms with Crippen molar-refractivity contribution in [3.8, 4) is 0 Å². The molecule has 1 saturated carbocycles. The first-order valence-electron chi connectivity index (χ1n) is 7.27. The number of hydrogen-bond donors (Lipinski definition) is 2. The first-order chi connectivity index (χ1) is 9.08. The molecule has 0 aromatic rings. The van der Waals surface area contributed by atoms with Crippen LogP contribution < -0.4 is 5.32 Å². The Labute approximate surface area is 180 Å². The Morgan fingerprint density at radius 1 is 1.30 bits per heavy atom. The van der Waals surface area contributed by atoms with Gasteiger partial charge < -0.3 is 35.4 Å². The van der Waals surface area contributed by atoms with Gasteiger partial charge in [-0.15, -0.1) is 6.54 Å². The number of aliphatic hydroxyl groups is 1. The summed E-state index contributed by atoms with van der Waals surface area (Å²) in [6.45, 7) is 2.21. The molecule has 2 rings (SSSR count). The summed E-state index contributed by atoms with van der Waals surface area (Å²) in [5, 5.41) is 16.4. The summed E-state index contributed by atoms with van der Waals surface area (Å²) in [6, 6.07) is -0.490. The van der Waals surface area contributed by atoms with Crippen molar-refractivity contribution in [3.63, 3.8) is 0 Å². The van der Waals surface area contributed by atoms with Crippen molar-refractivity contribution < 1.29 is 68.5 Å². The molecular weight excluding hydrogens is 541 g/mol. The number of hydrogen-bond acceptors (Lipinski definition) is 3.